The van der Waals surface area contributed by atoms with E-state index in [9.17, 15) is 13.6 Å². The van der Waals surface area contributed by atoms with Crippen molar-refractivity contribution in [1.82, 2.24) is 9.55 Å². The van der Waals surface area contributed by atoms with Crippen LogP contribution < -0.4 is 20.3 Å². The summed E-state index contributed by atoms with van der Waals surface area (Å²) in [7, 11) is 2.88. The number of hydrogen-bond acceptors (Lipinski definition) is 5. The average Bonchev–Trinajstić information content (AvgIpc) is 2.67. The van der Waals surface area contributed by atoms with Crippen molar-refractivity contribution in [2.45, 2.75) is 6.54 Å². The van der Waals surface area contributed by atoms with Crippen LogP contribution in [0.1, 0.15) is 5.56 Å². The molecule has 8 heteroatoms. The van der Waals surface area contributed by atoms with E-state index in [2.05, 4.69) is 10.3 Å². The molecule has 0 spiro atoms. The maximum atomic E-state index is 13.5. The maximum absolute atomic E-state index is 13.5. The minimum atomic E-state index is -0.951. The number of benzene rings is 2. The fourth-order valence-corrected chi connectivity index (χ4v) is 2.54. The minimum Gasteiger partial charge on any atom is -0.495 e. The summed E-state index contributed by atoms with van der Waals surface area (Å²) in [6.07, 6.45) is 1.45. The van der Waals surface area contributed by atoms with Crippen LogP contribution in [0.15, 0.2) is 53.5 Å². The smallest absolute Gasteiger partial charge is 0.316 e. The lowest BCUT2D eigenvalue weighted by Crippen LogP contribution is -2.19. The molecule has 1 heterocycles. The van der Waals surface area contributed by atoms with E-state index < -0.39 is 17.2 Å². The molecule has 0 saturated heterocycles. The molecule has 0 bridgehead atoms. The monoisotopic (exact) mass is 373 g/mol. The van der Waals surface area contributed by atoms with Crippen molar-refractivity contribution in [3.63, 3.8) is 0 Å². The molecule has 2 aromatic carbocycles. The average molecular weight is 373 g/mol. The van der Waals surface area contributed by atoms with E-state index in [-0.39, 0.29) is 18.2 Å². The van der Waals surface area contributed by atoms with Crippen molar-refractivity contribution in [3.8, 4) is 11.5 Å². The molecule has 1 aromatic heterocycles. The number of halogens is 2. The predicted octanol–water partition coefficient (Wildman–Crippen LogP) is 3.33. The fraction of sp³-hybridized carbons (Fsp3) is 0.158. The van der Waals surface area contributed by atoms with Gasteiger partial charge >= 0.3 is 5.56 Å². The molecule has 3 rings (SSSR count). The van der Waals surface area contributed by atoms with Gasteiger partial charge < -0.3 is 19.4 Å². The van der Waals surface area contributed by atoms with Gasteiger partial charge in [-0.25, -0.2) is 8.78 Å². The molecule has 6 nitrogen and oxygen atoms in total. The molecule has 0 aliphatic carbocycles. The highest BCUT2D eigenvalue weighted by atomic mass is 19.2. The molecule has 0 amide bonds. The highest BCUT2D eigenvalue weighted by Gasteiger charge is 2.12. The standard InChI is InChI=1S/C19H17F2N3O3/c1-26-16-6-4-3-5-15(16)22-19-23-18(25)17(27-2)11-24(19)10-12-7-8-13(20)14(21)9-12/h3-9,11H,10H2,1-2H3,(H,22,23,25). The summed E-state index contributed by atoms with van der Waals surface area (Å²) in [5, 5.41) is 3.03. The van der Waals surface area contributed by atoms with Crippen molar-refractivity contribution in [2.24, 2.45) is 0 Å². The van der Waals surface area contributed by atoms with Gasteiger partial charge in [0.25, 0.3) is 0 Å². The van der Waals surface area contributed by atoms with Crippen molar-refractivity contribution >= 4 is 11.6 Å². The first kappa shape index (κ1) is 18.4. The zero-order chi connectivity index (χ0) is 19.4. The lowest BCUT2D eigenvalue weighted by atomic mass is 10.2. The number of aromatic nitrogens is 2. The Morgan fingerprint density at radius 2 is 1.78 bits per heavy atom. The topological polar surface area (TPSA) is 65.4 Å². The second-order valence-corrected chi connectivity index (χ2v) is 5.64. The van der Waals surface area contributed by atoms with E-state index in [0.717, 1.165) is 12.1 Å². The summed E-state index contributed by atoms with van der Waals surface area (Å²) in [5.74, 6) is -1.09. The molecular formula is C19H17F2N3O3. The third-order valence-corrected chi connectivity index (χ3v) is 3.87. The first-order chi connectivity index (χ1) is 13.0. The number of rotatable bonds is 6. The van der Waals surface area contributed by atoms with Crippen LogP contribution in [0.4, 0.5) is 20.4 Å². The summed E-state index contributed by atoms with van der Waals surface area (Å²) < 4.78 is 38.6. The second-order valence-electron chi connectivity index (χ2n) is 5.64. The van der Waals surface area contributed by atoms with E-state index in [1.807, 2.05) is 0 Å². The van der Waals surface area contributed by atoms with E-state index in [1.54, 1.807) is 28.8 Å². The predicted molar refractivity (Wildman–Crippen MR) is 96.8 cm³/mol. The SMILES string of the molecule is COc1ccccc1Nc1nc(=O)c(OC)cn1Cc1ccc(F)c(F)c1. The number of methoxy groups -OCH3 is 2. The summed E-state index contributed by atoms with van der Waals surface area (Å²) in [6.45, 7) is 0.137. The summed E-state index contributed by atoms with van der Waals surface area (Å²) in [5.41, 5.74) is 0.525. The zero-order valence-corrected chi connectivity index (χ0v) is 14.7. The Hall–Kier alpha value is -3.42. The van der Waals surface area contributed by atoms with Gasteiger partial charge in [-0.2, -0.15) is 4.98 Å². The zero-order valence-electron chi connectivity index (χ0n) is 14.7. The Balaban J connectivity index is 2.03. The van der Waals surface area contributed by atoms with Gasteiger partial charge in [0.15, 0.2) is 11.6 Å². The second kappa shape index (κ2) is 7.86. The Bertz CT molecular complexity index is 1020. The third-order valence-electron chi connectivity index (χ3n) is 3.87. The summed E-state index contributed by atoms with van der Waals surface area (Å²) in [6, 6.07) is 10.7. The minimum absolute atomic E-state index is 0.0307. The van der Waals surface area contributed by atoms with Gasteiger partial charge in [0.05, 0.1) is 32.6 Å². The molecule has 0 saturated carbocycles. The van der Waals surface area contributed by atoms with Gasteiger partial charge in [0.2, 0.25) is 11.7 Å². The van der Waals surface area contributed by atoms with Crippen LogP contribution in [0.5, 0.6) is 11.5 Å². The Kier molecular flexibility index (Phi) is 5.35. The number of para-hydroxylation sites is 2. The highest BCUT2D eigenvalue weighted by molar-refractivity contribution is 5.62. The number of anilines is 2. The lowest BCUT2D eigenvalue weighted by molar-refractivity contribution is 0.402. The normalized spacial score (nSPS) is 10.5. The molecule has 27 heavy (non-hydrogen) atoms. The largest absolute Gasteiger partial charge is 0.495 e. The van der Waals surface area contributed by atoms with Gasteiger partial charge in [0.1, 0.15) is 5.75 Å². The number of nitrogens with zero attached hydrogens (tertiary/aromatic N) is 2. The van der Waals surface area contributed by atoms with Crippen molar-refractivity contribution < 1.29 is 18.3 Å². The van der Waals surface area contributed by atoms with Gasteiger partial charge in [-0.3, -0.25) is 4.79 Å². The van der Waals surface area contributed by atoms with E-state index in [1.165, 1.54) is 26.5 Å². The molecule has 1 N–H and O–H groups in total. The van der Waals surface area contributed by atoms with E-state index >= 15 is 0 Å². The number of hydrogen-bond donors (Lipinski definition) is 1. The fourth-order valence-electron chi connectivity index (χ4n) is 2.54. The van der Waals surface area contributed by atoms with Crippen molar-refractivity contribution in [3.05, 3.63) is 76.2 Å². The first-order valence-electron chi connectivity index (χ1n) is 8.01. The van der Waals surface area contributed by atoms with Crippen molar-refractivity contribution in [1.29, 1.82) is 0 Å². The van der Waals surface area contributed by atoms with Crippen LogP contribution in [-0.2, 0) is 6.54 Å². The van der Waals surface area contributed by atoms with Crippen LogP contribution >= 0.6 is 0 Å². The van der Waals surface area contributed by atoms with Gasteiger partial charge in [-0.1, -0.05) is 18.2 Å². The van der Waals surface area contributed by atoms with Gasteiger partial charge in [-0.05, 0) is 29.8 Å². The third kappa shape index (κ3) is 4.05. The molecule has 0 aliphatic rings. The number of ether oxygens (including phenoxy) is 2. The molecule has 140 valence electrons. The quantitative estimate of drug-likeness (QED) is 0.718. The Morgan fingerprint density at radius 3 is 2.48 bits per heavy atom. The highest BCUT2D eigenvalue weighted by Crippen LogP contribution is 2.26. The summed E-state index contributed by atoms with van der Waals surface area (Å²) >= 11 is 0. The maximum Gasteiger partial charge on any atom is 0.316 e. The molecular weight excluding hydrogens is 356 g/mol. The van der Waals surface area contributed by atoms with Crippen LogP contribution in [0, 0.1) is 11.6 Å². The molecule has 3 aromatic rings. The van der Waals surface area contributed by atoms with E-state index in [4.69, 9.17) is 9.47 Å². The van der Waals surface area contributed by atoms with E-state index in [0.29, 0.717) is 17.0 Å². The molecule has 0 atom stereocenters. The lowest BCUT2D eigenvalue weighted by Gasteiger charge is -2.16. The first-order valence-corrected chi connectivity index (χ1v) is 8.01. The Morgan fingerprint density at radius 1 is 1.04 bits per heavy atom. The molecule has 0 aliphatic heterocycles. The molecule has 0 unspecified atom stereocenters. The Labute approximate surface area is 154 Å². The van der Waals surface area contributed by atoms with Gasteiger partial charge in [-0.15, -0.1) is 0 Å². The van der Waals surface area contributed by atoms with Crippen LogP contribution in [-0.4, -0.2) is 23.8 Å². The molecule has 0 radical (unpaired) electrons. The molecule has 0 fully saturated rings. The van der Waals surface area contributed by atoms with Crippen molar-refractivity contribution in [2.75, 3.05) is 19.5 Å². The van der Waals surface area contributed by atoms with Gasteiger partial charge in [0, 0.05) is 0 Å². The summed E-state index contributed by atoms with van der Waals surface area (Å²) in [4.78, 5) is 16.1. The van der Waals surface area contributed by atoms with Crippen LogP contribution in [0.2, 0.25) is 0 Å². The number of nitrogens with one attached hydrogen (secondary N) is 1. The van der Waals surface area contributed by atoms with Crippen LogP contribution in [0.25, 0.3) is 0 Å². The van der Waals surface area contributed by atoms with Crippen LogP contribution in [0.3, 0.4) is 0 Å².